The zero-order valence-electron chi connectivity index (χ0n) is 12.8. The molecule has 0 saturated carbocycles. The third-order valence-electron chi connectivity index (χ3n) is 3.38. The Bertz CT molecular complexity index is 543. The molecule has 1 atom stereocenters. The van der Waals surface area contributed by atoms with Crippen LogP contribution in [0.3, 0.4) is 0 Å². The molecule has 1 N–H and O–H groups in total. The maximum atomic E-state index is 5.36. The lowest BCUT2D eigenvalue weighted by Gasteiger charge is -2.16. The Balaban J connectivity index is 1.94. The molecule has 2 rings (SSSR count). The summed E-state index contributed by atoms with van der Waals surface area (Å²) in [5, 5.41) is 6.71. The topological polar surface area (TPSA) is 43.4 Å². The molecule has 0 aliphatic rings. The molecule has 1 unspecified atom stereocenters. The summed E-state index contributed by atoms with van der Waals surface area (Å²) in [6.45, 7) is 3.64. The normalized spacial score (nSPS) is 12.3. The summed E-state index contributed by atoms with van der Waals surface area (Å²) < 4.78 is 10.6. The van der Waals surface area contributed by atoms with Crippen LogP contribution in [-0.4, -0.2) is 25.7 Å². The molecule has 0 radical (unpaired) electrons. The fourth-order valence-electron chi connectivity index (χ4n) is 2.23. The van der Waals surface area contributed by atoms with Crippen LogP contribution in [-0.2, 0) is 17.8 Å². The van der Waals surface area contributed by atoms with Crippen LogP contribution in [0.1, 0.15) is 29.1 Å². The highest BCUT2D eigenvalue weighted by Crippen LogP contribution is 2.24. The van der Waals surface area contributed by atoms with Gasteiger partial charge in [-0.05, 0) is 24.6 Å². The second-order valence-electron chi connectivity index (χ2n) is 4.86. The van der Waals surface area contributed by atoms with Crippen LogP contribution in [0.4, 0.5) is 0 Å². The number of ether oxygens (including phenoxy) is 2. The zero-order valence-corrected chi connectivity index (χ0v) is 13.6. The molecule has 1 aromatic carbocycles. The summed E-state index contributed by atoms with van der Waals surface area (Å²) in [7, 11) is 3.38. The van der Waals surface area contributed by atoms with E-state index in [1.54, 1.807) is 25.6 Å². The van der Waals surface area contributed by atoms with Crippen LogP contribution < -0.4 is 10.1 Å². The van der Waals surface area contributed by atoms with Gasteiger partial charge >= 0.3 is 0 Å². The smallest absolute Gasteiger partial charge is 0.124 e. The van der Waals surface area contributed by atoms with Crippen molar-refractivity contribution in [1.29, 1.82) is 0 Å². The maximum Gasteiger partial charge on any atom is 0.124 e. The Morgan fingerprint density at radius 1 is 1.33 bits per heavy atom. The van der Waals surface area contributed by atoms with Crippen LogP contribution >= 0.6 is 11.3 Å². The van der Waals surface area contributed by atoms with E-state index in [9.17, 15) is 0 Å². The first-order chi connectivity index (χ1) is 10.2. The highest BCUT2D eigenvalue weighted by Gasteiger charge is 2.09. The zero-order chi connectivity index (χ0) is 15.1. The van der Waals surface area contributed by atoms with E-state index in [-0.39, 0.29) is 6.04 Å². The van der Waals surface area contributed by atoms with Gasteiger partial charge in [-0.15, -0.1) is 11.3 Å². The maximum absolute atomic E-state index is 5.36. The molecule has 0 aliphatic carbocycles. The monoisotopic (exact) mass is 306 g/mol. The number of nitrogens with one attached hydrogen (secondary N) is 1. The third-order valence-corrected chi connectivity index (χ3v) is 4.22. The second kappa shape index (κ2) is 8.12. The van der Waals surface area contributed by atoms with E-state index in [2.05, 4.69) is 29.4 Å². The SMILES string of the molecule is COCc1cc(C(C)NCCc2nccs2)ccc1OC. The predicted octanol–water partition coefficient (Wildman–Crippen LogP) is 3.19. The quantitative estimate of drug-likeness (QED) is 0.813. The molecule has 0 aliphatic heterocycles. The Morgan fingerprint density at radius 3 is 2.86 bits per heavy atom. The van der Waals surface area contributed by atoms with Gasteiger partial charge in [0.1, 0.15) is 5.75 Å². The summed E-state index contributed by atoms with van der Waals surface area (Å²) in [6, 6.07) is 6.52. The fourth-order valence-corrected chi connectivity index (χ4v) is 2.85. The number of aromatic nitrogens is 1. The first-order valence-corrected chi connectivity index (χ1v) is 7.90. The minimum Gasteiger partial charge on any atom is -0.496 e. The molecule has 114 valence electrons. The summed E-state index contributed by atoms with van der Waals surface area (Å²) in [5.74, 6) is 0.871. The van der Waals surface area contributed by atoms with Crippen LogP contribution in [0, 0.1) is 0 Å². The van der Waals surface area contributed by atoms with Gasteiger partial charge in [0.2, 0.25) is 0 Å². The highest BCUT2D eigenvalue weighted by molar-refractivity contribution is 7.09. The standard InChI is InChI=1S/C16H22N2O2S/c1-12(17-7-6-16-18-8-9-21-16)13-4-5-15(20-3)14(10-13)11-19-2/h4-5,8-10,12,17H,6-7,11H2,1-3H3. The molecular formula is C16H22N2O2S. The third kappa shape index (κ3) is 4.52. The largest absolute Gasteiger partial charge is 0.496 e. The van der Waals surface area contributed by atoms with Gasteiger partial charge in [-0.2, -0.15) is 0 Å². The van der Waals surface area contributed by atoms with Crippen LogP contribution in [0.2, 0.25) is 0 Å². The lowest BCUT2D eigenvalue weighted by atomic mass is 10.0. The van der Waals surface area contributed by atoms with Crippen LogP contribution in [0.25, 0.3) is 0 Å². The van der Waals surface area contributed by atoms with Crippen molar-refractivity contribution in [3.05, 3.63) is 45.9 Å². The van der Waals surface area contributed by atoms with Crippen LogP contribution in [0.15, 0.2) is 29.8 Å². The van der Waals surface area contributed by atoms with E-state index in [1.165, 1.54) is 10.6 Å². The van der Waals surface area contributed by atoms with E-state index in [4.69, 9.17) is 9.47 Å². The van der Waals surface area contributed by atoms with Gasteiger partial charge in [0, 0.05) is 43.3 Å². The molecule has 0 saturated heterocycles. The molecule has 2 aromatic rings. The van der Waals surface area contributed by atoms with Gasteiger partial charge in [-0.3, -0.25) is 0 Å². The van der Waals surface area contributed by atoms with Gasteiger partial charge in [0.25, 0.3) is 0 Å². The molecule has 0 spiro atoms. The Labute approximate surface area is 130 Å². The van der Waals surface area contributed by atoms with Crippen molar-refractivity contribution >= 4 is 11.3 Å². The van der Waals surface area contributed by atoms with Crippen molar-refractivity contribution in [2.45, 2.75) is 26.0 Å². The molecule has 21 heavy (non-hydrogen) atoms. The summed E-state index contributed by atoms with van der Waals surface area (Å²) >= 11 is 1.70. The molecular weight excluding hydrogens is 284 g/mol. The Morgan fingerprint density at radius 2 is 2.19 bits per heavy atom. The number of rotatable bonds is 8. The first-order valence-electron chi connectivity index (χ1n) is 7.02. The van der Waals surface area contributed by atoms with Crippen molar-refractivity contribution in [2.75, 3.05) is 20.8 Å². The summed E-state index contributed by atoms with van der Waals surface area (Å²) in [4.78, 5) is 4.29. The Hall–Kier alpha value is -1.43. The molecule has 4 nitrogen and oxygen atoms in total. The van der Waals surface area contributed by atoms with E-state index in [0.29, 0.717) is 6.61 Å². The molecule has 1 aromatic heterocycles. The van der Waals surface area contributed by atoms with Gasteiger partial charge in [-0.1, -0.05) is 6.07 Å². The molecule has 5 heteroatoms. The molecule has 0 amide bonds. The first kappa shape index (κ1) is 15.9. The minimum atomic E-state index is 0.284. The number of hydrogen-bond donors (Lipinski definition) is 1. The molecule has 0 bridgehead atoms. The summed E-state index contributed by atoms with van der Waals surface area (Å²) in [5.41, 5.74) is 2.31. The minimum absolute atomic E-state index is 0.284. The van der Waals surface area contributed by atoms with Crippen molar-refractivity contribution < 1.29 is 9.47 Å². The highest BCUT2D eigenvalue weighted by atomic mass is 32.1. The van der Waals surface area contributed by atoms with Gasteiger partial charge in [0.15, 0.2) is 0 Å². The molecule has 0 fully saturated rings. The van der Waals surface area contributed by atoms with Gasteiger partial charge in [0.05, 0.1) is 18.7 Å². The predicted molar refractivity (Wildman–Crippen MR) is 85.9 cm³/mol. The van der Waals surface area contributed by atoms with Gasteiger partial charge < -0.3 is 14.8 Å². The Kier molecular flexibility index (Phi) is 6.17. The van der Waals surface area contributed by atoms with E-state index in [0.717, 1.165) is 24.3 Å². The van der Waals surface area contributed by atoms with Crippen LogP contribution in [0.5, 0.6) is 5.75 Å². The second-order valence-corrected chi connectivity index (χ2v) is 5.84. The lowest BCUT2D eigenvalue weighted by Crippen LogP contribution is -2.21. The van der Waals surface area contributed by atoms with Crippen molar-refractivity contribution in [3.63, 3.8) is 0 Å². The van der Waals surface area contributed by atoms with E-state index >= 15 is 0 Å². The number of methoxy groups -OCH3 is 2. The van der Waals surface area contributed by atoms with E-state index < -0.39 is 0 Å². The van der Waals surface area contributed by atoms with Crippen molar-refractivity contribution in [2.24, 2.45) is 0 Å². The average molecular weight is 306 g/mol. The van der Waals surface area contributed by atoms with Gasteiger partial charge in [-0.25, -0.2) is 4.98 Å². The van der Waals surface area contributed by atoms with Crippen molar-refractivity contribution in [1.82, 2.24) is 10.3 Å². The lowest BCUT2D eigenvalue weighted by molar-refractivity contribution is 0.181. The number of hydrogen-bond acceptors (Lipinski definition) is 5. The summed E-state index contributed by atoms with van der Waals surface area (Å²) in [6.07, 6.45) is 2.81. The van der Waals surface area contributed by atoms with E-state index in [1.807, 2.05) is 17.6 Å². The van der Waals surface area contributed by atoms with Crippen molar-refractivity contribution in [3.8, 4) is 5.75 Å². The number of thiazole rings is 1. The fraction of sp³-hybridized carbons (Fsp3) is 0.438. The number of nitrogens with zero attached hydrogens (tertiary/aromatic N) is 1. The number of benzene rings is 1. The average Bonchev–Trinajstić information content (AvgIpc) is 3.00. The molecule has 1 heterocycles.